The van der Waals surface area contributed by atoms with Gasteiger partial charge in [-0.15, -0.1) is 0 Å². The van der Waals surface area contributed by atoms with Gasteiger partial charge in [-0.2, -0.15) is 0 Å². The van der Waals surface area contributed by atoms with Crippen molar-refractivity contribution in [3.05, 3.63) is 0 Å². The van der Waals surface area contributed by atoms with E-state index in [-0.39, 0.29) is 5.16 Å². The van der Waals surface area contributed by atoms with Crippen LogP contribution in [0.5, 0.6) is 0 Å². The first kappa shape index (κ1) is 9.19. The Morgan fingerprint density at radius 2 is 1.78 bits per heavy atom. The van der Waals surface area contributed by atoms with Gasteiger partial charge < -0.3 is 4.89 Å². The minimum absolute atomic E-state index is 0.315. The van der Waals surface area contributed by atoms with Crippen LogP contribution in [0, 0.1) is 0 Å². The molecular weight excluding hydrogens is 135 g/mol. The maximum absolute atomic E-state index is 10.7. The molecule has 0 aliphatic heterocycles. The Balaban J connectivity index is 4.09. The van der Waals surface area contributed by atoms with Gasteiger partial charge in [-0.05, 0) is 12.8 Å². The molecule has 0 aliphatic rings. The average Bonchev–Trinajstić information content (AvgIpc) is 1.86. The summed E-state index contributed by atoms with van der Waals surface area (Å²) in [5.74, 6) is 0. The Morgan fingerprint density at radius 3 is 1.78 bits per heavy atom. The normalized spacial score (nSPS) is 15.6. The van der Waals surface area contributed by atoms with Crippen molar-refractivity contribution < 1.29 is 9.46 Å². The van der Waals surface area contributed by atoms with Gasteiger partial charge in [-0.25, -0.2) is 0 Å². The largest absolute Gasteiger partial charge is 0.346 e. The fraction of sp³-hybridized carbons (Fsp3) is 1.00. The van der Waals surface area contributed by atoms with E-state index in [0.29, 0.717) is 0 Å². The highest BCUT2D eigenvalue weighted by Crippen LogP contribution is 2.40. The second-order valence-electron chi connectivity index (χ2n) is 2.57. The summed E-state index contributed by atoms with van der Waals surface area (Å²) in [6, 6.07) is 0. The lowest BCUT2D eigenvalue weighted by molar-refractivity contribution is 0.441. The van der Waals surface area contributed by atoms with Crippen molar-refractivity contribution in [3.63, 3.8) is 0 Å². The van der Waals surface area contributed by atoms with Gasteiger partial charge in [-0.1, -0.05) is 20.8 Å². The number of hydrogen-bond acceptors (Lipinski definition) is 1. The molecule has 0 aromatic rings. The first-order valence-electron chi connectivity index (χ1n) is 3.30. The summed E-state index contributed by atoms with van der Waals surface area (Å²) in [6.07, 6.45) is 1.58. The van der Waals surface area contributed by atoms with Crippen LogP contribution in [0.1, 0.15) is 33.6 Å². The van der Waals surface area contributed by atoms with E-state index in [1.54, 1.807) is 0 Å². The molecule has 0 aliphatic carbocycles. The van der Waals surface area contributed by atoms with Crippen LogP contribution in [0.2, 0.25) is 0 Å². The minimum atomic E-state index is -2.32. The van der Waals surface area contributed by atoms with Gasteiger partial charge in [0, 0.05) is 5.16 Å². The molecule has 0 spiro atoms. The molecule has 1 atom stereocenters. The zero-order valence-corrected chi connectivity index (χ0v) is 7.27. The topological polar surface area (TPSA) is 37.3 Å². The van der Waals surface area contributed by atoms with E-state index in [1.807, 2.05) is 20.8 Å². The van der Waals surface area contributed by atoms with E-state index in [9.17, 15) is 4.57 Å². The second-order valence-corrected chi connectivity index (χ2v) is 4.39. The third kappa shape index (κ3) is 2.11. The predicted octanol–water partition coefficient (Wildman–Crippen LogP) is 2.03. The monoisotopic (exact) mass is 150 g/mol. The Kier molecular flexibility index (Phi) is 3.45. The Bertz CT molecular complexity index is 108. The Hall–Kier alpha value is 0.190. The standard InChI is InChI=1S/C6H15O2P/c1-4-6(3,5-2)9(7)8/h9H,4-5H2,1-3H3,(H,7,8). The quantitative estimate of drug-likeness (QED) is 0.625. The highest BCUT2D eigenvalue weighted by Gasteiger charge is 2.25. The van der Waals surface area contributed by atoms with Crippen molar-refractivity contribution in [1.82, 2.24) is 0 Å². The van der Waals surface area contributed by atoms with Crippen LogP contribution in [0.4, 0.5) is 0 Å². The van der Waals surface area contributed by atoms with E-state index in [0.717, 1.165) is 12.8 Å². The van der Waals surface area contributed by atoms with Gasteiger partial charge in [0.15, 0.2) is 8.03 Å². The van der Waals surface area contributed by atoms with Gasteiger partial charge in [-0.3, -0.25) is 4.57 Å². The maximum atomic E-state index is 10.7. The van der Waals surface area contributed by atoms with Crippen molar-refractivity contribution in [1.29, 1.82) is 0 Å². The fourth-order valence-electron chi connectivity index (χ4n) is 0.552. The van der Waals surface area contributed by atoms with Crippen molar-refractivity contribution in [2.24, 2.45) is 0 Å². The number of hydrogen-bond donors (Lipinski definition) is 1. The lowest BCUT2D eigenvalue weighted by Crippen LogP contribution is -2.16. The molecule has 0 aromatic heterocycles. The van der Waals surface area contributed by atoms with Crippen molar-refractivity contribution in [3.8, 4) is 0 Å². The van der Waals surface area contributed by atoms with E-state index in [1.165, 1.54) is 0 Å². The predicted molar refractivity (Wildman–Crippen MR) is 40.2 cm³/mol. The zero-order valence-electron chi connectivity index (χ0n) is 6.27. The van der Waals surface area contributed by atoms with Crippen LogP contribution < -0.4 is 0 Å². The molecular formula is C6H15O2P. The van der Waals surface area contributed by atoms with E-state index >= 15 is 0 Å². The second kappa shape index (κ2) is 3.38. The molecule has 2 nitrogen and oxygen atoms in total. The first-order valence-corrected chi connectivity index (χ1v) is 4.65. The van der Waals surface area contributed by atoms with Gasteiger partial charge in [0.05, 0.1) is 0 Å². The summed E-state index contributed by atoms with van der Waals surface area (Å²) in [7, 11) is -2.32. The third-order valence-corrected chi connectivity index (χ3v) is 3.82. The molecule has 9 heavy (non-hydrogen) atoms. The Morgan fingerprint density at radius 1 is 1.44 bits per heavy atom. The highest BCUT2D eigenvalue weighted by atomic mass is 31.1. The van der Waals surface area contributed by atoms with Crippen LogP contribution in [-0.2, 0) is 4.57 Å². The lowest BCUT2D eigenvalue weighted by Gasteiger charge is -2.21. The minimum Gasteiger partial charge on any atom is -0.346 e. The molecule has 0 bridgehead atoms. The van der Waals surface area contributed by atoms with Crippen LogP contribution in [0.15, 0.2) is 0 Å². The van der Waals surface area contributed by atoms with Crippen LogP contribution in [0.3, 0.4) is 0 Å². The molecule has 1 N–H and O–H groups in total. The summed E-state index contributed by atoms with van der Waals surface area (Å²) < 4.78 is 10.7. The van der Waals surface area contributed by atoms with Crippen LogP contribution >= 0.6 is 8.03 Å². The van der Waals surface area contributed by atoms with E-state index < -0.39 is 8.03 Å². The molecule has 0 radical (unpaired) electrons. The first-order chi connectivity index (χ1) is 4.06. The fourth-order valence-corrected chi connectivity index (χ4v) is 1.16. The molecule has 0 fully saturated rings. The zero-order chi connectivity index (χ0) is 7.49. The summed E-state index contributed by atoms with van der Waals surface area (Å²) in [5.41, 5.74) is 0. The number of rotatable bonds is 3. The summed E-state index contributed by atoms with van der Waals surface area (Å²) in [4.78, 5) is 8.82. The van der Waals surface area contributed by atoms with Gasteiger partial charge in [0.1, 0.15) is 0 Å². The van der Waals surface area contributed by atoms with Crippen molar-refractivity contribution >= 4 is 8.03 Å². The molecule has 56 valence electrons. The van der Waals surface area contributed by atoms with Gasteiger partial charge >= 0.3 is 0 Å². The molecule has 0 saturated carbocycles. The lowest BCUT2D eigenvalue weighted by atomic mass is 10.1. The molecule has 1 unspecified atom stereocenters. The van der Waals surface area contributed by atoms with Crippen LogP contribution in [0.25, 0.3) is 0 Å². The van der Waals surface area contributed by atoms with E-state index in [2.05, 4.69) is 0 Å². The molecule has 0 heterocycles. The Labute approximate surface area is 57.1 Å². The van der Waals surface area contributed by atoms with Gasteiger partial charge in [0.25, 0.3) is 0 Å². The van der Waals surface area contributed by atoms with Crippen molar-refractivity contribution in [2.45, 2.75) is 38.8 Å². The molecule has 3 heteroatoms. The molecule has 0 rings (SSSR count). The SMILES string of the molecule is CCC(C)(CC)[PH](=O)O. The highest BCUT2D eigenvalue weighted by molar-refractivity contribution is 7.40. The van der Waals surface area contributed by atoms with Gasteiger partial charge in [0.2, 0.25) is 0 Å². The summed E-state index contributed by atoms with van der Waals surface area (Å²) >= 11 is 0. The summed E-state index contributed by atoms with van der Waals surface area (Å²) in [6.45, 7) is 5.75. The third-order valence-electron chi connectivity index (χ3n) is 2.08. The average molecular weight is 150 g/mol. The van der Waals surface area contributed by atoms with Crippen LogP contribution in [-0.4, -0.2) is 10.0 Å². The molecule has 0 saturated heterocycles. The van der Waals surface area contributed by atoms with Crippen molar-refractivity contribution in [2.75, 3.05) is 0 Å². The molecule has 0 amide bonds. The maximum Gasteiger partial charge on any atom is 0.194 e. The smallest absolute Gasteiger partial charge is 0.194 e. The summed E-state index contributed by atoms with van der Waals surface area (Å²) in [5, 5.41) is -0.315. The van der Waals surface area contributed by atoms with E-state index in [4.69, 9.17) is 4.89 Å². The molecule has 0 aromatic carbocycles.